The number of nitrogens with one attached hydrogen (secondary N) is 1. The van der Waals surface area contributed by atoms with Crippen molar-refractivity contribution in [3.05, 3.63) is 71.8 Å². The van der Waals surface area contributed by atoms with Crippen LogP contribution in [0.3, 0.4) is 0 Å². The lowest BCUT2D eigenvalue weighted by molar-refractivity contribution is -0.123. The van der Waals surface area contributed by atoms with Gasteiger partial charge in [0.1, 0.15) is 0 Å². The second-order valence-electron chi connectivity index (χ2n) is 6.43. The second-order valence-corrected chi connectivity index (χ2v) is 6.43. The molecule has 1 amide bonds. The molecule has 2 aromatic rings. The monoisotopic (exact) mass is 309 g/mol. The Bertz CT molecular complexity index is 596. The van der Waals surface area contributed by atoms with E-state index in [4.69, 9.17) is 0 Å². The van der Waals surface area contributed by atoms with Crippen molar-refractivity contribution in [3.8, 4) is 0 Å². The summed E-state index contributed by atoms with van der Waals surface area (Å²) in [5.41, 5.74) is 1.59. The lowest BCUT2D eigenvalue weighted by atomic mass is 9.80. The Hall–Kier alpha value is -2.13. The van der Waals surface area contributed by atoms with Crippen LogP contribution in [0.1, 0.15) is 42.7 Å². The first-order valence-corrected chi connectivity index (χ1v) is 8.25. The zero-order chi connectivity index (χ0) is 16.1. The van der Waals surface area contributed by atoms with Crippen LogP contribution < -0.4 is 5.32 Å². The maximum absolute atomic E-state index is 12.4. The molecule has 120 valence electrons. The summed E-state index contributed by atoms with van der Waals surface area (Å²) in [6.07, 6.45) is 3.01. The van der Waals surface area contributed by atoms with E-state index in [1.165, 1.54) is 0 Å². The van der Waals surface area contributed by atoms with Crippen molar-refractivity contribution in [1.82, 2.24) is 5.32 Å². The molecule has 1 aliphatic carbocycles. The second kappa shape index (κ2) is 6.97. The number of rotatable bonds is 6. The van der Waals surface area contributed by atoms with E-state index < -0.39 is 5.60 Å². The predicted octanol–water partition coefficient (Wildman–Crippen LogP) is 3.24. The van der Waals surface area contributed by atoms with Gasteiger partial charge < -0.3 is 10.4 Å². The molecule has 1 fully saturated rings. The van der Waals surface area contributed by atoms with Gasteiger partial charge in [-0.15, -0.1) is 0 Å². The number of benzene rings is 2. The first-order chi connectivity index (χ1) is 11.2. The summed E-state index contributed by atoms with van der Waals surface area (Å²) in [6.45, 7) is 0.363. The number of hydrogen-bond donors (Lipinski definition) is 2. The van der Waals surface area contributed by atoms with E-state index in [9.17, 15) is 9.90 Å². The van der Waals surface area contributed by atoms with Crippen LogP contribution in [0.2, 0.25) is 0 Å². The van der Waals surface area contributed by atoms with Crippen molar-refractivity contribution >= 4 is 5.91 Å². The van der Waals surface area contributed by atoms with Crippen molar-refractivity contribution in [1.29, 1.82) is 0 Å². The number of carbonyl (C=O) groups excluding carboxylic acids is 1. The van der Waals surface area contributed by atoms with Crippen LogP contribution in [0.4, 0.5) is 0 Å². The molecule has 3 nitrogen and oxygen atoms in total. The molecule has 1 saturated carbocycles. The maximum atomic E-state index is 12.4. The van der Waals surface area contributed by atoms with Gasteiger partial charge in [0.25, 0.3) is 0 Å². The largest absolute Gasteiger partial charge is 0.388 e. The molecule has 0 aromatic heterocycles. The molecule has 0 bridgehead atoms. The van der Waals surface area contributed by atoms with Gasteiger partial charge in [-0.1, -0.05) is 60.7 Å². The Labute approximate surface area is 137 Å². The molecule has 3 heteroatoms. The molecule has 0 atom stereocenters. The molecule has 3 rings (SSSR count). The third-order valence-corrected chi connectivity index (χ3v) is 4.69. The first-order valence-electron chi connectivity index (χ1n) is 8.25. The van der Waals surface area contributed by atoms with Crippen molar-refractivity contribution in [2.24, 2.45) is 0 Å². The highest BCUT2D eigenvalue weighted by molar-refractivity contribution is 5.77. The van der Waals surface area contributed by atoms with E-state index in [1.54, 1.807) is 0 Å². The van der Waals surface area contributed by atoms with Crippen molar-refractivity contribution in [2.75, 3.05) is 6.54 Å². The van der Waals surface area contributed by atoms with Gasteiger partial charge >= 0.3 is 0 Å². The fourth-order valence-corrected chi connectivity index (χ4v) is 3.08. The minimum absolute atomic E-state index is 0.0111. The lowest BCUT2D eigenvalue weighted by Crippen LogP contribution is -2.47. The Morgan fingerprint density at radius 2 is 1.52 bits per heavy atom. The third-order valence-electron chi connectivity index (χ3n) is 4.69. The predicted molar refractivity (Wildman–Crippen MR) is 91.2 cm³/mol. The van der Waals surface area contributed by atoms with E-state index in [0.717, 1.165) is 30.4 Å². The topological polar surface area (TPSA) is 49.3 Å². The maximum Gasteiger partial charge on any atom is 0.221 e. The van der Waals surface area contributed by atoms with Crippen molar-refractivity contribution in [3.63, 3.8) is 0 Å². The summed E-state index contributed by atoms with van der Waals surface area (Å²) < 4.78 is 0. The van der Waals surface area contributed by atoms with Crippen LogP contribution in [-0.2, 0) is 4.79 Å². The molecule has 0 heterocycles. The lowest BCUT2D eigenvalue weighted by Gasteiger charge is -2.36. The molecular formula is C20H23NO2. The summed E-state index contributed by atoms with van der Waals surface area (Å²) in [7, 11) is 0. The average molecular weight is 309 g/mol. The first kappa shape index (κ1) is 15.8. The Kier molecular flexibility index (Phi) is 4.77. The van der Waals surface area contributed by atoms with Crippen LogP contribution in [0, 0.1) is 0 Å². The standard InChI is InChI=1S/C20H23NO2/c22-19(21-15-20(23)12-7-13-20)14-18(16-8-3-1-4-9-16)17-10-5-2-6-11-17/h1-6,8-11,18,23H,7,12-15H2,(H,21,22). The van der Waals surface area contributed by atoms with Crippen molar-refractivity contribution < 1.29 is 9.90 Å². The summed E-state index contributed by atoms with van der Waals surface area (Å²) >= 11 is 0. The smallest absolute Gasteiger partial charge is 0.221 e. The number of hydrogen-bond acceptors (Lipinski definition) is 2. The van der Waals surface area contributed by atoms with Gasteiger partial charge in [-0.25, -0.2) is 0 Å². The van der Waals surface area contributed by atoms with Crippen LogP contribution in [0.25, 0.3) is 0 Å². The van der Waals surface area contributed by atoms with E-state index in [0.29, 0.717) is 13.0 Å². The minimum atomic E-state index is -0.676. The SMILES string of the molecule is O=C(CC(c1ccccc1)c1ccccc1)NCC1(O)CCC1. The van der Waals surface area contributed by atoms with Gasteiger partial charge in [-0.2, -0.15) is 0 Å². The van der Waals surface area contributed by atoms with E-state index in [1.807, 2.05) is 36.4 Å². The van der Waals surface area contributed by atoms with E-state index >= 15 is 0 Å². The highest BCUT2D eigenvalue weighted by atomic mass is 16.3. The molecule has 0 radical (unpaired) electrons. The molecule has 2 N–H and O–H groups in total. The molecular weight excluding hydrogens is 286 g/mol. The molecule has 0 aliphatic heterocycles. The molecule has 1 aliphatic rings. The van der Waals surface area contributed by atoms with Crippen LogP contribution >= 0.6 is 0 Å². The van der Waals surface area contributed by atoms with Gasteiger partial charge in [-0.3, -0.25) is 4.79 Å². The minimum Gasteiger partial charge on any atom is -0.388 e. The van der Waals surface area contributed by atoms with E-state index in [2.05, 4.69) is 29.6 Å². The van der Waals surface area contributed by atoms with Crippen LogP contribution in [0.5, 0.6) is 0 Å². The fraction of sp³-hybridized carbons (Fsp3) is 0.350. The Morgan fingerprint density at radius 3 is 1.96 bits per heavy atom. The highest BCUT2D eigenvalue weighted by Crippen LogP contribution is 2.31. The van der Waals surface area contributed by atoms with Crippen LogP contribution in [-0.4, -0.2) is 23.2 Å². The highest BCUT2D eigenvalue weighted by Gasteiger charge is 2.34. The molecule has 0 unspecified atom stereocenters. The molecule has 0 spiro atoms. The Balaban J connectivity index is 1.70. The quantitative estimate of drug-likeness (QED) is 0.860. The average Bonchev–Trinajstić information content (AvgIpc) is 2.58. The normalized spacial score (nSPS) is 15.9. The van der Waals surface area contributed by atoms with Gasteiger partial charge in [0.2, 0.25) is 5.91 Å². The Morgan fingerprint density at radius 1 is 1.00 bits per heavy atom. The van der Waals surface area contributed by atoms with Gasteiger partial charge in [-0.05, 0) is 30.4 Å². The van der Waals surface area contributed by atoms with Crippen molar-refractivity contribution in [2.45, 2.75) is 37.2 Å². The van der Waals surface area contributed by atoms with Gasteiger partial charge in [0.05, 0.1) is 5.60 Å². The number of aliphatic hydroxyl groups is 1. The summed E-state index contributed by atoms with van der Waals surface area (Å²) in [4.78, 5) is 12.4. The van der Waals surface area contributed by atoms with Gasteiger partial charge in [0, 0.05) is 18.9 Å². The zero-order valence-corrected chi connectivity index (χ0v) is 13.2. The zero-order valence-electron chi connectivity index (χ0n) is 13.2. The fourth-order valence-electron chi connectivity index (χ4n) is 3.08. The number of carbonyl (C=O) groups is 1. The molecule has 23 heavy (non-hydrogen) atoms. The van der Waals surface area contributed by atoms with Crippen LogP contribution in [0.15, 0.2) is 60.7 Å². The number of amides is 1. The summed E-state index contributed by atoms with van der Waals surface area (Å²) in [5.74, 6) is 0.0245. The molecule has 2 aromatic carbocycles. The third kappa shape index (κ3) is 3.99. The summed E-state index contributed by atoms with van der Waals surface area (Å²) in [5, 5.41) is 13.0. The van der Waals surface area contributed by atoms with E-state index in [-0.39, 0.29) is 11.8 Å². The summed E-state index contributed by atoms with van der Waals surface area (Å²) in [6, 6.07) is 20.2. The molecule has 0 saturated heterocycles. The van der Waals surface area contributed by atoms with Gasteiger partial charge in [0.15, 0.2) is 0 Å².